The molecule has 5 amide bonds. The molecule has 218 valence electrons. The summed E-state index contributed by atoms with van der Waals surface area (Å²) >= 11 is 4.88. The van der Waals surface area contributed by atoms with Crippen LogP contribution in [0.25, 0.3) is 0 Å². The van der Waals surface area contributed by atoms with Crippen molar-refractivity contribution in [1.29, 1.82) is 0 Å². The maximum atomic E-state index is 14.9. The van der Waals surface area contributed by atoms with Gasteiger partial charge in [-0.25, -0.2) is 4.39 Å². The Kier molecular flexibility index (Phi) is 7.87. The molecule has 2 bridgehead atoms. The van der Waals surface area contributed by atoms with Gasteiger partial charge in [-0.05, 0) is 66.4 Å². The van der Waals surface area contributed by atoms with Gasteiger partial charge in [0.2, 0.25) is 23.6 Å². The van der Waals surface area contributed by atoms with E-state index in [4.69, 9.17) is 17.3 Å². The summed E-state index contributed by atoms with van der Waals surface area (Å²) in [7, 11) is 0. The van der Waals surface area contributed by atoms with Crippen LogP contribution in [0.3, 0.4) is 0 Å². The Balaban J connectivity index is 1.62. The third-order valence-corrected chi connectivity index (χ3v) is 8.98. The Bertz CT molecular complexity index is 1050. The van der Waals surface area contributed by atoms with Crippen LogP contribution in [0.5, 0.6) is 0 Å². The highest BCUT2D eigenvalue weighted by molar-refractivity contribution is 6.32. The fourth-order valence-corrected chi connectivity index (χ4v) is 7.01. The molecule has 4 rings (SSSR count). The average molecular weight is 578 g/mol. The Morgan fingerprint density at radius 1 is 1.15 bits per heavy atom. The minimum Gasteiger partial charge on any atom is -0.368 e. The van der Waals surface area contributed by atoms with Crippen LogP contribution in [-0.2, 0) is 24.0 Å². The Morgan fingerprint density at radius 3 is 2.36 bits per heavy atom. The van der Waals surface area contributed by atoms with Crippen molar-refractivity contribution in [2.75, 3.05) is 13.1 Å². The minimum atomic E-state index is -4.26. The topological polar surface area (TPSA) is 151 Å². The summed E-state index contributed by atoms with van der Waals surface area (Å²) < 4.78 is 41.9. The molecule has 4 fully saturated rings. The Hall–Kier alpha value is -2.57. The van der Waals surface area contributed by atoms with Crippen molar-refractivity contribution in [2.45, 2.75) is 76.1 Å². The first-order chi connectivity index (χ1) is 18.0. The monoisotopic (exact) mass is 577 g/mol. The second-order valence-electron chi connectivity index (χ2n) is 12.3. The number of alkyl halides is 4. The number of carbonyl (C=O) groups is 5. The van der Waals surface area contributed by atoms with Crippen molar-refractivity contribution >= 4 is 41.1 Å². The first-order valence-corrected chi connectivity index (χ1v) is 13.6. The molecule has 0 spiro atoms. The number of rotatable bonds is 8. The second-order valence-corrected chi connectivity index (χ2v) is 12.8. The molecule has 2 saturated heterocycles. The lowest BCUT2D eigenvalue weighted by Crippen LogP contribution is -2.61. The highest BCUT2D eigenvalue weighted by Crippen LogP contribution is 2.58. The summed E-state index contributed by atoms with van der Waals surface area (Å²) in [6.45, 7) is 5.18. The van der Waals surface area contributed by atoms with Crippen LogP contribution in [0.2, 0.25) is 0 Å². The van der Waals surface area contributed by atoms with Crippen molar-refractivity contribution in [3.63, 3.8) is 0 Å². The molecule has 2 saturated carbocycles. The largest absolute Gasteiger partial charge is 0.399 e. The van der Waals surface area contributed by atoms with E-state index in [2.05, 4.69) is 10.6 Å². The number of primary amides is 1. The summed E-state index contributed by atoms with van der Waals surface area (Å²) in [6.07, 6.45) is 0.125. The van der Waals surface area contributed by atoms with Gasteiger partial charge in [0.25, 0.3) is 0 Å². The van der Waals surface area contributed by atoms with Gasteiger partial charge in [-0.2, -0.15) is 8.78 Å². The second kappa shape index (κ2) is 10.4. The zero-order valence-corrected chi connectivity index (χ0v) is 22.8. The van der Waals surface area contributed by atoms with Crippen molar-refractivity contribution in [3.05, 3.63) is 0 Å². The van der Waals surface area contributed by atoms with Gasteiger partial charge >= 0.3 is 11.3 Å². The number of hydrogen-bond donors (Lipinski definition) is 4. The molecule has 10 nitrogen and oxygen atoms in total. The molecule has 39 heavy (non-hydrogen) atoms. The molecular weight excluding hydrogens is 543 g/mol. The van der Waals surface area contributed by atoms with E-state index in [9.17, 15) is 37.1 Å². The first kappa shape index (κ1) is 29.4. The van der Waals surface area contributed by atoms with Gasteiger partial charge in [0.05, 0.1) is 0 Å². The van der Waals surface area contributed by atoms with E-state index in [1.165, 1.54) is 4.90 Å². The standard InChI is InChI=1S/C25H35ClF3N5O5/c1-24(2,3)18(33-23(39)25(26,28)29)22(38)34-9-13-11-6-12(14(27)7-11)16(13)17(34)21(37)32-15(19(30)35)8-10-4-5-31-20(10)36/h10-18H,4-9H2,1-3H3,(H2,30,35)(H,31,36)(H,32,37)(H,33,39)/t10-,11?,12?,13?,14?,15-,16?,17?,18+/m0/s1. The third kappa shape index (κ3) is 5.69. The van der Waals surface area contributed by atoms with Gasteiger partial charge < -0.3 is 26.6 Å². The predicted molar refractivity (Wildman–Crippen MR) is 133 cm³/mol. The summed E-state index contributed by atoms with van der Waals surface area (Å²) in [5.41, 5.74) is 4.48. The number of fused-ring (bicyclic) bond motifs is 5. The summed E-state index contributed by atoms with van der Waals surface area (Å²) in [5, 5.41) is 3.00. The van der Waals surface area contributed by atoms with Gasteiger partial charge in [0.1, 0.15) is 24.3 Å². The van der Waals surface area contributed by atoms with E-state index >= 15 is 0 Å². The van der Waals surface area contributed by atoms with E-state index in [-0.39, 0.29) is 30.7 Å². The summed E-state index contributed by atoms with van der Waals surface area (Å²) in [5.74, 6) is -6.36. The number of likely N-dealkylation sites (tertiary alicyclic amines) is 1. The van der Waals surface area contributed by atoms with E-state index < -0.39 is 76.5 Å². The molecule has 0 radical (unpaired) electrons. The van der Waals surface area contributed by atoms with Crippen LogP contribution >= 0.6 is 11.6 Å². The Morgan fingerprint density at radius 2 is 1.82 bits per heavy atom. The smallest absolute Gasteiger partial charge is 0.368 e. The highest BCUT2D eigenvalue weighted by atomic mass is 35.5. The lowest BCUT2D eigenvalue weighted by atomic mass is 9.77. The van der Waals surface area contributed by atoms with Crippen molar-refractivity contribution in [3.8, 4) is 0 Å². The number of carbonyl (C=O) groups excluding carboxylic acids is 5. The number of nitrogens with two attached hydrogens (primary N) is 1. The third-order valence-electron chi connectivity index (χ3n) is 8.81. The van der Waals surface area contributed by atoms with Crippen LogP contribution in [-0.4, -0.2) is 77.2 Å². The average Bonchev–Trinajstić information content (AvgIpc) is 3.56. The summed E-state index contributed by atoms with van der Waals surface area (Å²) in [4.78, 5) is 65.1. The van der Waals surface area contributed by atoms with E-state index in [1.54, 1.807) is 20.8 Å². The molecule has 6 unspecified atom stereocenters. The molecular formula is C25H35ClF3N5O5. The predicted octanol–water partition coefficient (Wildman–Crippen LogP) is 0.666. The zero-order chi connectivity index (χ0) is 29.0. The van der Waals surface area contributed by atoms with E-state index in [0.717, 1.165) is 0 Å². The van der Waals surface area contributed by atoms with E-state index in [0.29, 0.717) is 25.8 Å². The lowest BCUT2D eigenvalue weighted by Gasteiger charge is -2.37. The van der Waals surface area contributed by atoms with Gasteiger partial charge in [0, 0.05) is 19.0 Å². The SMILES string of the molecule is CC(C)(C)[C@H](NC(=O)C(F)(F)Cl)C(=O)N1CC2C3CC(F)C(C3)C2C1C(=O)N[C@@H](C[C@@H]1CCNC1=O)C(N)=O. The molecule has 5 N–H and O–H groups in total. The van der Waals surface area contributed by atoms with Gasteiger partial charge in [0.15, 0.2) is 0 Å². The van der Waals surface area contributed by atoms with Gasteiger partial charge in [-0.1, -0.05) is 20.8 Å². The van der Waals surface area contributed by atoms with Crippen LogP contribution in [0.15, 0.2) is 0 Å². The number of nitrogens with one attached hydrogen (secondary N) is 3. The van der Waals surface area contributed by atoms with Crippen molar-refractivity contribution in [1.82, 2.24) is 20.9 Å². The quantitative estimate of drug-likeness (QED) is 0.313. The molecule has 4 aliphatic rings. The number of nitrogens with zero attached hydrogens (tertiary/aromatic N) is 1. The van der Waals surface area contributed by atoms with Crippen LogP contribution in [0.1, 0.15) is 46.5 Å². The number of hydrogen-bond acceptors (Lipinski definition) is 5. The fourth-order valence-electron chi connectivity index (χ4n) is 6.95. The molecule has 2 aliphatic carbocycles. The fraction of sp³-hybridized carbons (Fsp3) is 0.800. The minimum absolute atomic E-state index is 0.0368. The van der Waals surface area contributed by atoms with Crippen LogP contribution < -0.4 is 21.7 Å². The number of amides is 5. The highest BCUT2D eigenvalue weighted by Gasteiger charge is 2.63. The summed E-state index contributed by atoms with van der Waals surface area (Å²) in [6, 6.07) is -3.90. The van der Waals surface area contributed by atoms with Crippen LogP contribution in [0, 0.1) is 35.0 Å². The number of halogens is 4. The van der Waals surface area contributed by atoms with Crippen molar-refractivity contribution in [2.24, 2.45) is 40.7 Å². The maximum Gasteiger partial charge on any atom is 0.399 e. The van der Waals surface area contributed by atoms with Gasteiger partial charge in [-0.15, -0.1) is 0 Å². The zero-order valence-electron chi connectivity index (χ0n) is 22.0. The Labute approximate surface area is 229 Å². The molecule has 2 heterocycles. The molecule has 2 aliphatic heterocycles. The molecule has 0 aromatic heterocycles. The van der Waals surface area contributed by atoms with Gasteiger partial charge in [-0.3, -0.25) is 24.0 Å². The maximum absolute atomic E-state index is 14.9. The lowest BCUT2D eigenvalue weighted by molar-refractivity contribution is -0.148. The molecule has 9 atom stereocenters. The van der Waals surface area contributed by atoms with Crippen molar-refractivity contribution < 1.29 is 37.1 Å². The van der Waals surface area contributed by atoms with E-state index in [1.807, 2.05) is 5.32 Å². The first-order valence-electron chi connectivity index (χ1n) is 13.2. The molecule has 0 aromatic carbocycles. The molecule has 0 aromatic rings. The normalized spacial score (nSPS) is 33.4. The van der Waals surface area contributed by atoms with Crippen LogP contribution in [0.4, 0.5) is 13.2 Å². The molecule has 14 heteroatoms.